The van der Waals surface area contributed by atoms with E-state index in [4.69, 9.17) is 14.2 Å². The van der Waals surface area contributed by atoms with Crippen LogP contribution in [-0.2, 0) is 28.6 Å². The first-order valence-corrected chi connectivity index (χ1v) is 33.9. The second kappa shape index (κ2) is 66.4. The van der Waals surface area contributed by atoms with E-state index in [9.17, 15) is 14.4 Å². The number of hydrogen-bond acceptors (Lipinski definition) is 6. The molecule has 0 aliphatic heterocycles. The summed E-state index contributed by atoms with van der Waals surface area (Å²) >= 11 is 0. The van der Waals surface area contributed by atoms with E-state index in [0.29, 0.717) is 19.3 Å². The van der Waals surface area contributed by atoms with E-state index in [2.05, 4.69) is 93.7 Å². The molecule has 0 heterocycles. The Balaban J connectivity index is 4.11. The summed E-state index contributed by atoms with van der Waals surface area (Å²) in [4.78, 5) is 38.2. The van der Waals surface area contributed by atoms with E-state index < -0.39 is 6.10 Å². The fourth-order valence-electron chi connectivity index (χ4n) is 9.89. The third kappa shape index (κ3) is 63.7. The van der Waals surface area contributed by atoms with E-state index in [0.717, 1.165) is 77.0 Å². The maximum absolute atomic E-state index is 12.8. The van der Waals surface area contributed by atoms with Crippen molar-refractivity contribution in [3.8, 4) is 0 Å². The van der Waals surface area contributed by atoms with Crippen molar-refractivity contribution < 1.29 is 28.6 Å². The van der Waals surface area contributed by atoms with Crippen molar-refractivity contribution >= 4 is 17.9 Å². The van der Waals surface area contributed by atoms with Gasteiger partial charge in [0, 0.05) is 19.3 Å². The molecule has 1 unspecified atom stereocenters. The van der Waals surface area contributed by atoms with Crippen LogP contribution in [0.5, 0.6) is 0 Å². The van der Waals surface area contributed by atoms with E-state index in [1.54, 1.807) is 0 Å². The highest BCUT2D eigenvalue weighted by molar-refractivity contribution is 5.71. The first kappa shape index (κ1) is 74.8. The minimum atomic E-state index is -0.802. The van der Waals surface area contributed by atoms with Gasteiger partial charge in [-0.05, 0) is 83.5 Å². The van der Waals surface area contributed by atoms with Crippen molar-refractivity contribution in [2.45, 2.75) is 354 Å². The Morgan fingerprint density at radius 2 is 0.513 bits per heavy atom. The molecule has 0 bridgehead atoms. The van der Waals surface area contributed by atoms with Crippen molar-refractivity contribution in [2.75, 3.05) is 13.2 Å². The molecule has 78 heavy (non-hydrogen) atoms. The molecule has 0 aliphatic carbocycles. The zero-order chi connectivity index (χ0) is 56.4. The van der Waals surface area contributed by atoms with Crippen LogP contribution in [0.25, 0.3) is 0 Å². The SMILES string of the molecule is CC/C=C\C/C=C\C/C=C\C/C=C\C/C=C\CCCC(=O)OC(COC(=O)CCCCCCCCCCCC)COC(=O)CCCCCCCCCCCCCCCCCCCCCCC/C=C\CCCCCCCCCC. The van der Waals surface area contributed by atoms with Crippen LogP contribution in [0.3, 0.4) is 0 Å². The molecule has 0 aromatic carbocycles. The number of carbonyl (C=O) groups is 3. The smallest absolute Gasteiger partial charge is 0.306 e. The van der Waals surface area contributed by atoms with Gasteiger partial charge in [0.1, 0.15) is 13.2 Å². The zero-order valence-electron chi connectivity index (χ0n) is 51.9. The lowest BCUT2D eigenvalue weighted by atomic mass is 10.0. The molecule has 6 nitrogen and oxygen atoms in total. The second-order valence-corrected chi connectivity index (χ2v) is 22.7. The summed E-state index contributed by atoms with van der Waals surface area (Å²) in [6.07, 6.45) is 86.8. The highest BCUT2D eigenvalue weighted by atomic mass is 16.6. The van der Waals surface area contributed by atoms with E-state index in [1.807, 2.05) is 0 Å². The molecule has 0 N–H and O–H groups in total. The van der Waals surface area contributed by atoms with Gasteiger partial charge in [0.2, 0.25) is 0 Å². The fraction of sp³-hybridized carbons (Fsp3) is 0.792. The zero-order valence-corrected chi connectivity index (χ0v) is 51.9. The molecule has 0 saturated heterocycles. The predicted octanol–water partition coefficient (Wildman–Crippen LogP) is 23.3. The summed E-state index contributed by atoms with van der Waals surface area (Å²) in [7, 11) is 0. The maximum atomic E-state index is 12.8. The fourth-order valence-corrected chi connectivity index (χ4v) is 9.89. The third-order valence-corrected chi connectivity index (χ3v) is 14.9. The van der Waals surface area contributed by atoms with Gasteiger partial charge in [-0.2, -0.15) is 0 Å². The Labute approximate surface area is 484 Å². The molecule has 0 aromatic heterocycles. The quantitative estimate of drug-likeness (QED) is 0.0261. The van der Waals surface area contributed by atoms with Gasteiger partial charge < -0.3 is 14.2 Å². The van der Waals surface area contributed by atoms with Crippen LogP contribution in [0, 0.1) is 0 Å². The molecule has 0 spiro atoms. The average Bonchev–Trinajstić information content (AvgIpc) is 3.44. The van der Waals surface area contributed by atoms with Crippen LogP contribution >= 0.6 is 0 Å². The van der Waals surface area contributed by atoms with Gasteiger partial charge in [-0.15, -0.1) is 0 Å². The summed E-state index contributed by atoms with van der Waals surface area (Å²) in [5.74, 6) is -0.939. The van der Waals surface area contributed by atoms with E-state index in [1.165, 1.54) is 225 Å². The molecule has 6 heteroatoms. The molecular weight excluding hydrogens is 961 g/mol. The Morgan fingerprint density at radius 1 is 0.269 bits per heavy atom. The highest BCUT2D eigenvalue weighted by Crippen LogP contribution is 2.18. The molecule has 0 fully saturated rings. The standard InChI is InChI=1S/C72H128O6/c1-4-7-10-13-16-19-22-24-26-28-29-30-31-32-33-34-35-36-37-38-39-40-41-42-43-45-46-48-50-53-56-59-62-65-71(74)77-68-69(67-76-70(73)64-61-58-55-52-21-18-15-12-9-6-3)78-72(75)66-63-60-57-54-51-49-47-44-27-25-23-20-17-14-11-8-5-2/h8,11,17,20,25,27-29,47,49,54,57,69H,4-7,9-10,12-16,18-19,21-24,26,30-46,48,50-53,55-56,58-68H2,1-3H3/b11-8-,20-17-,27-25-,29-28-,49-47-,57-54-. The monoisotopic (exact) mass is 1090 g/mol. The molecule has 452 valence electrons. The number of allylic oxidation sites excluding steroid dienone is 12. The number of carbonyl (C=O) groups excluding carboxylic acids is 3. The van der Waals surface area contributed by atoms with E-state index in [-0.39, 0.29) is 37.5 Å². The third-order valence-electron chi connectivity index (χ3n) is 14.9. The van der Waals surface area contributed by atoms with Crippen LogP contribution in [-0.4, -0.2) is 37.2 Å². The van der Waals surface area contributed by atoms with Crippen LogP contribution in [0.1, 0.15) is 348 Å². The topological polar surface area (TPSA) is 78.9 Å². The molecule has 0 aromatic rings. The van der Waals surface area contributed by atoms with Crippen molar-refractivity contribution in [1.29, 1.82) is 0 Å². The van der Waals surface area contributed by atoms with Gasteiger partial charge in [-0.1, -0.05) is 318 Å². The lowest BCUT2D eigenvalue weighted by Crippen LogP contribution is -2.30. The number of unbranched alkanes of at least 4 members (excludes halogenated alkanes) is 39. The minimum Gasteiger partial charge on any atom is -0.462 e. The van der Waals surface area contributed by atoms with Crippen LogP contribution in [0.2, 0.25) is 0 Å². The number of ether oxygens (including phenoxy) is 3. The van der Waals surface area contributed by atoms with Crippen LogP contribution < -0.4 is 0 Å². The number of rotatable bonds is 62. The van der Waals surface area contributed by atoms with Crippen LogP contribution in [0.15, 0.2) is 72.9 Å². The molecule has 0 radical (unpaired) electrons. The lowest BCUT2D eigenvalue weighted by molar-refractivity contribution is -0.167. The lowest BCUT2D eigenvalue weighted by Gasteiger charge is -2.18. The minimum absolute atomic E-state index is 0.0941. The van der Waals surface area contributed by atoms with Gasteiger partial charge in [0.25, 0.3) is 0 Å². The molecular formula is C72H128O6. The first-order valence-electron chi connectivity index (χ1n) is 33.9. The van der Waals surface area contributed by atoms with Crippen LogP contribution in [0.4, 0.5) is 0 Å². The number of esters is 3. The van der Waals surface area contributed by atoms with Gasteiger partial charge in [-0.25, -0.2) is 0 Å². The van der Waals surface area contributed by atoms with Crippen molar-refractivity contribution in [1.82, 2.24) is 0 Å². The van der Waals surface area contributed by atoms with Gasteiger partial charge in [0.15, 0.2) is 6.10 Å². The molecule has 0 saturated carbocycles. The molecule has 1 atom stereocenters. The first-order chi connectivity index (χ1) is 38.5. The van der Waals surface area contributed by atoms with Crippen molar-refractivity contribution in [3.63, 3.8) is 0 Å². The summed E-state index contributed by atoms with van der Waals surface area (Å²) in [5.41, 5.74) is 0. The Hall–Kier alpha value is -3.15. The van der Waals surface area contributed by atoms with Gasteiger partial charge >= 0.3 is 17.9 Å². The summed E-state index contributed by atoms with van der Waals surface area (Å²) in [6.45, 7) is 6.50. The Kier molecular flexibility index (Phi) is 63.7. The summed E-state index contributed by atoms with van der Waals surface area (Å²) < 4.78 is 16.8. The molecule has 0 amide bonds. The normalized spacial score (nSPS) is 12.5. The van der Waals surface area contributed by atoms with Gasteiger partial charge in [-0.3, -0.25) is 14.4 Å². The average molecular weight is 1090 g/mol. The maximum Gasteiger partial charge on any atom is 0.306 e. The predicted molar refractivity (Wildman–Crippen MR) is 339 cm³/mol. The Morgan fingerprint density at radius 3 is 0.833 bits per heavy atom. The largest absolute Gasteiger partial charge is 0.462 e. The molecule has 0 rings (SSSR count). The Bertz CT molecular complexity index is 1440. The van der Waals surface area contributed by atoms with Crippen molar-refractivity contribution in [2.24, 2.45) is 0 Å². The number of hydrogen-bond donors (Lipinski definition) is 0. The molecule has 0 aliphatic rings. The highest BCUT2D eigenvalue weighted by Gasteiger charge is 2.19. The second-order valence-electron chi connectivity index (χ2n) is 22.7. The summed E-state index contributed by atoms with van der Waals surface area (Å²) in [5, 5.41) is 0. The van der Waals surface area contributed by atoms with Gasteiger partial charge in [0.05, 0.1) is 0 Å². The van der Waals surface area contributed by atoms with E-state index >= 15 is 0 Å². The summed E-state index contributed by atoms with van der Waals surface area (Å²) in [6, 6.07) is 0. The van der Waals surface area contributed by atoms with Crippen molar-refractivity contribution in [3.05, 3.63) is 72.9 Å².